The molecule has 0 radical (unpaired) electrons. The van der Waals surface area contributed by atoms with Crippen molar-refractivity contribution in [3.8, 4) is 0 Å². The fraction of sp³-hybridized carbons (Fsp3) is 0.143. The molecule has 0 aliphatic heterocycles. The van der Waals surface area contributed by atoms with Crippen LogP contribution in [0.15, 0.2) is 38.3 Å². The molecule has 4 heteroatoms. The van der Waals surface area contributed by atoms with Gasteiger partial charge in [0.05, 0.1) is 18.7 Å². The number of hydrogen-bond donors (Lipinski definition) is 0. The molecule has 0 spiro atoms. The molecule has 11 heavy (non-hydrogen) atoms. The van der Waals surface area contributed by atoms with Gasteiger partial charge in [0.25, 0.3) is 0 Å². The molecule has 0 aromatic heterocycles. The summed E-state index contributed by atoms with van der Waals surface area (Å²) in [7, 11) is -3.07. The third kappa shape index (κ3) is 3.68. The maximum absolute atomic E-state index is 11.4. The molecule has 0 unspecified atom stereocenters. The van der Waals surface area contributed by atoms with Crippen molar-refractivity contribution in [3.63, 3.8) is 0 Å². The zero-order valence-corrected chi connectivity index (χ0v) is 7.13. The standard InChI is InChI=1S/C7H11O3P/c1-4-7-11(8,9-5-2)10-6-3/h4-6H,1-3,7H2. The van der Waals surface area contributed by atoms with Crippen LogP contribution in [0, 0.1) is 0 Å². The lowest BCUT2D eigenvalue weighted by Crippen LogP contribution is -1.89. The minimum Gasteiger partial charge on any atom is -0.424 e. The largest absolute Gasteiger partial charge is 0.433 e. The van der Waals surface area contributed by atoms with Gasteiger partial charge < -0.3 is 9.05 Å². The molecule has 0 bridgehead atoms. The highest BCUT2D eigenvalue weighted by Gasteiger charge is 2.21. The van der Waals surface area contributed by atoms with E-state index in [0.717, 1.165) is 12.5 Å². The minimum absolute atomic E-state index is 0.144. The van der Waals surface area contributed by atoms with Crippen LogP contribution in [0.3, 0.4) is 0 Å². The average Bonchev–Trinajstić information content (AvgIpc) is 1.88. The van der Waals surface area contributed by atoms with E-state index in [9.17, 15) is 4.57 Å². The molecule has 0 saturated heterocycles. The summed E-state index contributed by atoms with van der Waals surface area (Å²) in [5.74, 6) is 0. The van der Waals surface area contributed by atoms with Crippen LogP contribution in [0.4, 0.5) is 0 Å². The number of allylic oxidation sites excluding steroid dienone is 1. The molecule has 0 aromatic rings. The summed E-state index contributed by atoms with van der Waals surface area (Å²) < 4.78 is 20.7. The summed E-state index contributed by atoms with van der Waals surface area (Å²) in [4.78, 5) is 0. The SMILES string of the molecule is C=CCP(=O)(OC=C)OC=C. The van der Waals surface area contributed by atoms with Gasteiger partial charge in [-0.25, -0.2) is 4.57 Å². The van der Waals surface area contributed by atoms with E-state index in [1.54, 1.807) is 0 Å². The third-order valence-electron chi connectivity index (χ3n) is 0.823. The highest BCUT2D eigenvalue weighted by Crippen LogP contribution is 2.48. The van der Waals surface area contributed by atoms with Gasteiger partial charge in [-0.3, -0.25) is 0 Å². The van der Waals surface area contributed by atoms with Gasteiger partial charge in [-0.05, 0) is 0 Å². The first kappa shape index (κ1) is 10.0. The van der Waals surface area contributed by atoms with E-state index in [4.69, 9.17) is 0 Å². The Morgan fingerprint density at radius 2 is 1.64 bits per heavy atom. The summed E-state index contributed by atoms with van der Waals surface area (Å²) in [6.45, 7) is 9.94. The number of hydrogen-bond acceptors (Lipinski definition) is 3. The molecular formula is C7H11O3P. The molecular weight excluding hydrogens is 163 g/mol. The molecule has 0 N–H and O–H groups in total. The maximum atomic E-state index is 11.4. The lowest BCUT2D eigenvalue weighted by Gasteiger charge is -2.12. The van der Waals surface area contributed by atoms with Gasteiger partial charge in [-0.2, -0.15) is 0 Å². The topological polar surface area (TPSA) is 35.5 Å². The fourth-order valence-corrected chi connectivity index (χ4v) is 1.49. The van der Waals surface area contributed by atoms with Gasteiger partial charge in [-0.1, -0.05) is 19.2 Å². The van der Waals surface area contributed by atoms with Crippen LogP contribution in [0.2, 0.25) is 0 Å². The van der Waals surface area contributed by atoms with Crippen LogP contribution in [0.25, 0.3) is 0 Å². The molecule has 0 aliphatic carbocycles. The second-order valence-electron chi connectivity index (χ2n) is 1.63. The van der Waals surface area contributed by atoms with Crippen molar-refractivity contribution in [1.82, 2.24) is 0 Å². The normalized spacial score (nSPS) is 9.82. The van der Waals surface area contributed by atoms with Gasteiger partial charge >= 0.3 is 7.60 Å². The smallest absolute Gasteiger partial charge is 0.424 e. The maximum Gasteiger partial charge on any atom is 0.433 e. The van der Waals surface area contributed by atoms with Crippen LogP contribution in [0.1, 0.15) is 0 Å². The lowest BCUT2D eigenvalue weighted by atomic mass is 10.8. The van der Waals surface area contributed by atoms with Crippen LogP contribution < -0.4 is 0 Å². The number of rotatable bonds is 6. The van der Waals surface area contributed by atoms with Gasteiger partial charge in [-0.15, -0.1) is 6.58 Å². The zero-order chi connectivity index (χ0) is 8.74. The highest BCUT2D eigenvalue weighted by molar-refractivity contribution is 7.54. The van der Waals surface area contributed by atoms with E-state index in [2.05, 4.69) is 28.8 Å². The summed E-state index contributed by atoms with van der Waals surface area (Å²) in [6, 6.07) is 0. The summed E-state index contributed by atoms with van der Waals surface area (Å²) >= 11 is 0. The van der Waals surface area contributed by atoms with Crippen molar-refractivity contribution in [2.45, 2.75) is 0 Å². The quantitative estimate of drug-likeness (QED) is 0.353. The van der Waals surface area contributed by atoms with E-state index in [0.29, 0.717) is 0 Å². The molecule has 0 amide bonds. The van der Waals surface area contributed by atoms with E-state index >= 15 is 0 Å². The first-order valence-corrected chi connectivity index (χ1v) is 4.70. The molecule has 0 fully saturated rings. The fourth-order valence-electron chi connectivity index (χ4n) is 0.496. The van der Waals surface area contributed by atoms with Gasteiger partial charge in [0.2, 0.25) is 0 Å². The summed E-state index contributed by atoms with van der Waals surface area (Å²) in [5, 5.41) is 0. The Morgan fingerprint density at radius 3 is 1.91 bits per heavy atom. The molecule has 0 atom stereocenters. The Hall–Kier alpha value is -0.950. The Labute approximate surface area is 66.6 Å². The zero-order valence-electron chi connectivity index (χ0n) is 6.23. The predicted molar refractivity (Wildman–Crippen MR) is 45.2 cm³/mol. The molecule has 0 heterocycles. The average molecular weight is 174 g/mol. The molecule has 62 valence electrons. The van der Waals surface area contributed by atoms with Gasteiger partial charge in [0.1, 0.15) is 0 Å². The molecule has 0 rings (SSSR count). The summed E-state index contributed by atoms with van der Waals surface area (Å²) in [6.07, 6.45) is 3.75. The second kappa shape index (κ2) is 4.80. The molecule has 0 aliphatic rings. The first-order valence-electron chi connectivity index (χ1n) is 2.97. The Morgan fingerprint density at radius 1 is 1.18 bits per heavy atom. The van der Waals surface area contributed by atoms with Crippen LogP contribution in [-0.4, -0.2) is 6.16 Å². The Kier molecular flexibility index (Phi) is 4.39. The molecule has 0 aromatic carbocycles. The van der Waals surface area contributed by atoms with E-state index in [1.165, 1.54) is 6.08 Å². The van der Waals surface area contributed by atoms with Crippen molar-refractivity contribution in [1.29, 1.82) is 0 Å². The van der Waals surface area contributed by atoms with Gasteiger partial charge in [0.15, 0.2) is 0 Å². The van der Waals surface area contributed by atoms with E-state index < -0.39 is 7.60 Å². The Balaban J connectivity index is 4.22. The van der Waals surface area contributed by atoms with E-state index in [-0.39, 0.29) is 6.16 Å². The third-order valence-corrected chi connectivity index (χ3v) is 2.47. The van der Waals surface area contributed by atoms with Crippen molar-refractivity contribution >= 4 is 7.60 Å². The lowest BCUT2D eigenvalue weighted by molar-refractivity contribution is 0.332. The van der Waals surface area contributed by atoms with Crippen LogP contribution in [0.5, 0.6) is 0 Å². The second-order valence-corrected chi connectivity index (χ2v) is 3.63. The molecule has 0 saturated carbocycles. The first-order chi connectivity index (χ1) is 5.18. The monoisotopic (exact) mass is 174 g/mol. The van der Waals surface area contributed by atoms with Gasteiger partial charge in [0, 0.05) is 0 Å². The Bertz CT molecular complexity index is 165. The van der Waals surface area contributed by atoms with Crippen molar-refractivity contribution in [3.05, 3.63) is 38.3 Å². The molecule has 3 nitrogen and oxygen atoms in total. The van der Waals surface area contributed by atoms with Crippen LogP contribution in [-0.2, 0) is 13.6 Å². The van der Waals surface area contributed by atoms with Crippen LogP contribution >= 0.6 is 7.60 Å². The van der Waals surface area contributed by atoms with Crippen molar-refractivity contribution in [2.75, 3.05) is 6.16 Å². The van der Waals surface area contributed by atoms with Crippen molar-refractivity contribution < 1.29 is 13.6 Å². The van der Waals surface area contributed by atoms with Crippen molar-refractivity contribution in [2.24, 2.45) is 0 Å². The minimum atomic E-state index is -3.07. The highest BCUT2D eigenvalue weighted by atomic mass is 31.2. The van der Waals surface area contributed by atoms with E-state index in [1.807, 2.05) is 0 Å². The predicted octanol–water partition coefficient (Wildman–Crippen LogP) is 2.69. The summed E-state index contributed by atoms with van der Waals surface area (Å²) in [5.41, 5.74) is 0.